The molecule has 1 atom stereocenters. The number of aliphatic imine (C=N–C) groups is 1. The van der Waals surface area contributed by atoms with Crippen LogP contribution in [0.5, 0.6) is 0 Å². The van der Waals surface area contributed by atoms with E-state index in [9.17, 15) is 4.39 Å². The highest BCUT2D eigenvalue weighted by Crippen LogP contribution is 2.25. The van der Waals surface area contributed by atoms with E-state index in [0.29, 0.717) is 6.54 Å². The maximum absolute atomic E-state index is 13.4. The molecule has 31 heavy (non-hydrogen) atoms. The number of hydrogen-bond donors (Lipinski definition) is 2. The van der Waals surface area contributed by atoms with Crippen molar-refractivity contribution in [3.05, 3.63) is 35.6 Å². The maximum Gasteiger partial charge on any atom is 0.191 e. The van der Waals surface area contributed by atoms with Gasteiger partial charge in [-0.1, -0.05) is 12.1 Å². The van der Waals surface area contributed by atoms with Gasteiger partial charge in [0.2, 0.25) is 0 Å². The summed E-state index contributed by atoms with van der Waals surface area (Å²) in [6, 6.07) is 6.93. The molecule has 9 heteroatoms. The number of ether oxygens (including phenoxy) is 2. The Balaban J connectivity index is 0.00000341. The van der Waals surface area contributed by atoms with Gasteiger partial charge < -0.3 is 25.0 Å². The summed E-state index contributed by atoms with van der Waals surface area (Å²) in [6.07, 6.45) is 1.99. The third-order valence-corrected chi connectivity index (χ3v) is 6.38. The maximum atomic E-state index is 13.4. The van der Waals surface area contributed by atoms with E-state index in [1.54, 1.807) is 7.05 Å². The fourth-order valence-corrected chi connectivity index (χ4v) is 4.23. The van der Waals surface area contributed by atoms with Crippen molar-refractivity contribution >= 4 is 29.9 Å². The molecular weight excluding hydrogens is 512 g/mol. The summed E-state index contributed by atoms with van der Waals surface area (Å²) in [4.78, 5) is 9.11. The summed E-state index contributed by atoms with van der Waals surface area (Å²) in [5.41, 5.74) is 1.16. The molecule has 2 aliphatic rings. The van der Waals surface area contributed by atoms with Crippen molar-refractivity contribution in [1.29, 1.82) is 0 Å². The summed E-state index contributed by atoms with van der Waals surface area (Å²) < 4.78 is 24.5. The lowest BCUT2D eigenvalue weighted by atomic mass is 9.88. The summed E-state index contributed by atoms with van der Waals surface area (Å²) in [7, 11) is 6.06. The number of guanidine groups is 1. The Kier molecular flexibility index (Phi) is 10.9. The van der Waals surface area contributed by atoms with Crippen LogP contribution in [0, 0.1) is 5.82 Å². The van der Waals surface area contributed by atoms with Gasteiger partial charge >= 0.3 is 0 Å². The van der Waals surface area contributed by atoms with E-state index in [1.165, 1.54) is 12.1 Å². The molecule has 2 fully saturated rings. The van der Waals surface area contributed by atoms with Crippen LogP contribution < -0.4 is 10.6 Å². The van der Waals surface area contributed by atoms with Crippen LogP contribution in [0.4, 0.5) is 4.39 Å². The minimum absolute atomic E-state index is 0. The lowest BCUT2D eigenvalue weighted by Gasteiger charge is -2.43. The lowest BCUT2D eigenvalue weighted by Crippen LogP contribution is -2.57. The first-order valence-corrected chi connectivity index (χ1v) is 10.8. The summed E-state index contributed by atoms with van der Waals surface area (Å²) in [5.74, 6) is 0.568. The van der Waals surface area contributed by atoms with Gasteiger partial charge in [-0.2, -0.15) is 0 Å². The Morgan fingerprint density at radius 3 is 2.29 bits per heavy atom. The van der Waals surface area contributed by atoms with Crippen molar-refractivity contribution in [2.75, 3.05) is 73.7 Å². The number of hydrogen-bond acceptors (Lipinski definition) is 5. The van der Waals surface area contributed by atoms with Crippen molar-refractivity contribution < 1.29 is 13.9 Å². The van der Waals surface area contributed by atoms with Crippen molar-refractivity contribution in [3.63, 3.8) is 0 Å². The van der Waals surface area contributed by atoms with Crippen molar-refractivity contribution in [3.8, 4) is 0 Å². The van der Waals surface area contributed by atoms with Gasteiger partial charge in [0.15, 0.2) is 5.96 Å². The second kappa shape index (κ2) is 12.9. The highest BCUT2D eigenvalue weighted by Gasteiger charge is 2.35. The number of likely N-dealkylation sites (N-methyl/N-ethyl adjacent to an activating group) is 1. The van der Waals surface area contributed by atoms with E-state index in [4.69, 9.17) is 9.47 Å². The van der Waals surface area contributed by atoms with E-state index >= 15 is 0 Å². The van der Waals surface area contributed by atoms with Gasteiger partial charge in [-0.3, -0.25) is 9.89 Å². The van der Waals surface area contributed by atoms with Gasteiger partial charge in [0, 0.05) is 52.0 Å². The number of benzene rings is 1. The Hall–Kier alpha value is -1.01. The Morgan fingerprint density at radius 1 is 1.10 bits per heavy atom. The molecule has 0 aliphatic carbocycles. The van der Waals surface area contributed by atoms with Gasteiger partial charge in [-0.15, -0.1) is 24.0 Å². The zero-order valence-electron chi connectivity index (χ0n) is 18.9. The largest absolute Gasteiger partial charge is 0.381 e. The highest BCUT2D eigenvalue weighted by atomic mass is 127. The molecule has 2 saturated heterocycles. The van der Waals surface area contributed by atoms with E-state index in [-0.39, 0.29) is 41.4 Å². The van der Waals surface area contributed by atoms with E-state index in [2.05, 4.69) is 39.5 Å². The third kappa shape index (κ3) is 7.24. The summed E-state index contributed by atoms with van der Waals surface area (Å²) in [6.45, 7) is 6.23. The monoisotopic (exact) mass is 549 g/mol. The standard InChI is InChI=1S/C22H36FN5O2.HI/c1-24-21(26-17-22(27(2)3)8-12-29-13-9-22)25-16-20(28-10-14-30-15-11-28)18-4-6-19(23)7-5-18;/h4-7,20H,8-17H2,1-3H3,(H2,24,25,26);1H. The molecule has 1 aromatic rings. The molecule has 3 rings (SSSR count). The quantitative estimate of drug-likeness (QED) is 0.309. The second-order valence-corrected chi connectivity index (χ2v) is 8.25. The highest BCUT2D eigenvalue weighted by molar-refractivity contribution is 14.0. The molecule has 7 nitrogen and oxygen atoms in total. The fraction of sp³-hybridized carbons (Fsp3) is 0.682. The predicted octanol–water partition coefficient (Wildman–Crippen LogP) is 2.09. The predicted molar refractivity (Wildman–Crippen MR) is 133 cm³/mol. The second-order valence-electron chi connectivity index (χ2n) is 8.25. The van der Waals surface area contributed by atoms with Gasteiger partial charge in [0.05, 0.1) is 19.3 Å². The molecule has 2 N–H and O–H groups in total. The first kappa shape index (κ1) is 26.2. The van der Waals surface area contributed by atoms with Crippen LogP contribution in [0.15, 0.2) is 29.3 Å². The molecular formula is C22H37FIN5O2. The number of nitrogens with one attached hydrogen (secondary N) is 2. The molecule has 2 heterocycles. The van der Waals surface area contributed by atoms with E-state index in [0.717, 1.165) is 70.4 Å². The number of nitrogens with zero attached hydrogens (tertiary/aromatic N) is 3. The van der Waals surface area contributed by atoms with Crippen LogP contribution in [0.1, 0.15) is 24.4 Å². The first-order valence-electron chi connectivity index (χ1n) is 10.8. The minimum Gasteiger partial charge on any atom is -0.381 e. The van der Waals surface area contributed by atoms with Crippen molar-refractivity contribution in [2.24, 2.45) is 4.99 Å². The van der Waals surface area contributed by atoms with Crippen LogP contribution in [0.25, 0.3) is 0 Å². The molecule has 1 unspecified atom stereocenters. The minimum atomic E-state index is -0.213. The van der Waals surface area contributed by atoms with E-state index in [1.807, 2.05) is 12.1 Å². The van der Waals surface area contributed by atoms with Crippen molar-refractivity contribution in [2.45, 2.75) is 24.4 Å². The Bertz CT molecular complexity index is 677. The van der Waals surface area contributed by atoms with Crippen LogP contribution >= 0.6 is 24.0 Å². The molecule has 1 aromatic carbocycles. The fourth-order valence-electron chi connectivity index (χ4n) is 4.23. The molecule has 0 saturated carbocycles. The average Bonchev–Trinajstić information content (AvgIpc) is 2.78. The smallest absolute Gasteiger partial charge is 0.191 e. The average molecular weight is 549 g/mol. The summed E-state index contributed by atoms with van der Waals surface area (Å²) >= 11 is 0. The molecule has 0 bridgehead atoms. The molecule has 0 amide bonds. The number of halogens is 2. The van der Waals surface area contributed by atoms with Crippen LogP contribution in [0.3, 0.4) is 0 Å². The van der Waals surface area contributed by atoms with Crippen LogP contribution in [-0.4, -0.2) is 95.0 Å². The zero-order valence-corrected chi connectivity index (χ0v) is 21.2. The topological polar surface area (TPSA) is 61.4 Å². The summed E-state index contributed by atoms with van der Waals surface area (Å²) in [5, 5.41) is 7.01. The molecule has 176 valence electrons. The number of morpholine rings is 1. The van der Waals surface area contributed by atoms with Gasteiger partial charge in [0.25, 0.3) is 0 Å². The third-order valence-electron chi connectivity index (χ3n) is 6.38. The lowest BCUT2D eigenvalue weighted by molar-refractivity contribution is -0.00506. The van der Waals surface area contributed by atoms with Gasteiger partial charge in [0.1, 0.15) is 5.82 Å². The molecule has 0 spiro atoms. The van der Waals surface area contributed by atoms with Gasteiger partial charge in [-0.05, 0) is 44.6 Å². The van der Waals surface area contributed by atoms with Crippen LogP contribution in [-0.2, 0) is 9.47 Å². The molecule has 0 radical (unpaired) electrons. The molecule has 0 aromatic heterocycles. The zero-order chi connectivity index (χ0) is 21.4. The number of rotatable bonds is 7. The van der Waals surface area contributed by atoms with E-state index < -0.39 is 0 Å². The van der Waals surface area contributed by atoms with Crippen LogP contribution in [0.2, 0.25) is 0 Å². The first-order chi connectivity index (χ1) is 14.5. The molecule has 2 aliphatic heterocycles. The SMILES string of the molecule is CN=C(NCC(c1ccc(F)cc1)N1CCOCC1)NCC1(N(C)C)CCOCC1.I. The van der Waals surface area contributed by atoms with Gasteiger partial charge in [-0.25, -0.2) is 4.39 Å². The Labute approximate surface area is 202 Å². The normalized spacial score (nSPS) is 20.7. The Morgan fingerprint density at radius 2 is 1.71 bits per heavy atom. The van der Waals surface area contributed by atoms with Crippen molar-refractivity contribution in [1.82, 2.24) is 20.4 Å².